The molecule has 15 heterocycles. The first-order chi connectivity index (χ1) is 68.3. The topological polar surface area (TPSA) is 210 Å². The summed E-state index contributed by atoms with van der Waals surface area (Å²) in [5.41, 5.74) is 4.60. The maximum Gasteiger partial charge on any atom is 0.265 e. The standard InChI is InChI=1S/5C23H34N2O3/c5*1-3-27-11-10-18-12-19-8-9-20(13-18)24(19)14-17(2)15-25-21-6-4-5-7-22(21)28-16-23(25)26/h5*4-7,17-20H,3,8-16H2,1-2H3/t17?,18?,19-,20+;4*17-,18?,19-,20+/m.1100/s1. The summed E-state index contributed by atoms with van der Waals surface area (Å²) in [6.07, 6.45) is 32.6. The van der Waals surface area contributed by atoms with Crippen LogP contribution >= 0.6 is 0 Å². The molecule has 0 spiro atoms. The lowest BCUT2D eigenvalue weighted by Crippen LogP contribution is -2.48. The van der Waals surface area contributed by atoms with Crippen LogP contribution in [0.2, 0.25) is 0 Å². The van der Waals surface area contributed by atoms with Gasteiger partial charge in [-0.15, -0.1) is 0 Å². The van der Waals surface area contributed by atoms with E-state index in [-0.39, 0.29) is 62.6 Å². The third kappa shape index (κ3) is 27.2. The van der Waals surface area contributed by atoms with Crippen molar-refractivity contribution in [3.8, 4) is 28.7 Å². The maximum atomic E-state index is 12.5. The molecule has 5 aromatic rings. The molecule has 0 N–H and O–H groups in total. The Hall–Kier alpha value is -7.95. The zero-order valence-corrected chi connectivity index (χ0v) is 86.5. The quantitative estimate of drug-likeness (QED) is 0.0334. The van der Waals surface area contributed by atoms with Gasteiger partial charge in [0, 0.05) is 192 Å². The van der Waals surface area contributed by atoms with Crippen LogP contribution in [0.5, 0.6) is 28.7 Å². The summed E-state index contributed by atoms with van der Waals surface area (Å²) in [5, 5.41) is 0. The van der Waals surface area contributed by atoms with Crippen molar-refractivity contribution in [2.75, 3.05) is 189 Å². The first-order valence-corrected chi connectivity index (χ1v) is 55.0. The molecule has 10 fully saturated rings. The van der Waals surface area contributed by atoms with Crippen molar-refractivity contribution in [3.05, 3.63) is 121 Å². The minimum Gasteiger partial charge on any atom is -0.482 e. The lowest BCUT2D eigenvalue weighted by molar-refractivity contribution is -0.122. The number of amides is 5. The zero-order valence-electron chi connectivity index (χ0n) is 86.5. The monoisotopic (exact) mass is 1930 g/mol. The number of piperidine rings is 5. The highest BCUT2D eigenvalue weighted by atomic mass is 16.5. The Bertz CT molecular complexity index is 4000. The summed E-state index contributed by atoms with van der Waals surface area (Å²) in [7, 11) is 0. The van der Waals surface area contributed by atoms with E-state index < -0.39 is 0 Å². The Labute approximate surface area is 837 Å². The van der Waals surface area contributed by atoms with E-state index in [0.29, 0.717) is 29.6 Å². The van der Waals surface area contributed by atoms with Crippen LogP contribution in [-0.4, -0.2) is 279 Å². The minimum atomic E-state index is 0.0724. The van der Waals surface area contributed by atoms with Crippen molar-refractivity contribution >= 4 is 58.0 Å². The van der Waals surface area contributed by atoms with E-state index in [9.17, 15) is 24.0 Å². The number of anilines is 5. The minimum absolute atomic E-state index is 0.0724. The summed E-state index contributed by atoms with van der Waals surface area (Å²) in [6.45, 7) is 40.5. The van der Waals surface area contributed by atoms with Gasteiger partial charge < -0.3 is 71.9 Å². The van der Waals surface area contributed by atoms with Gasteiger partial charge in [0.15, 0.2) is 33.0 Å². The second-order valence-corrected chi connectivity index (χ2v) is 43.9. The van der Waals surface area contributed by atoms with Crippen molar-refractivity contribution in [2.24, 2.45) is 59.2 Å². The van der Waals surface area contributed by atoms with Crippen LogP contribution in [0.1, 0.15) is 230 Å². The van der Waals surface area contributed by atoms with Gasteiger partial charge in [-0.25, -0.2) is 0 Å². The number of carbonyl (C=O) groups is 5. The summed E-state index contributed by atoms with van der Waals surface area (Å²) in [6, 6.07) is 46.6. The van der Waals surface area contributed by atoms with Gasteiger partial charge in [0.1, 0.15) is 28.7 Å². The van der Waals surface area contributed by atoms with Gasteiger partial charge in [0.25, 0.3) is 29.5 Å². The summed E-state index contributed by atoms with van der Waals surface area (Å²) in [5.74, 6) is 10.8. The second kappa shape index (κ2) is 51.7. The second-order valence-electron chi connectivity index (χ2n) is 43.9. The average Bonchev–Trinajstić information content (AvgIpc) is 1.69. The van der Waals surface area contributed by atoms with Crippen molar-refractivity contribution in [2.45, 2.75) is 290 Å². The molecule has 25 heteroatoms. The van der Waals surface area contributed by atoms with Gasteiger partial charge in [-0.05, 0) is 315 Å². The lowest BCUT2D eigenvalue weighted by atomic mass is 9.88. The van der Waals surface area contributed by atoms with Crippen molar-refractivity contribution in [1.82, 2.24) is 24.5 Å². The third-order valence-electron chi connectivity index (χ3n) is 33.4. The largest absolute Gasteiger partial charge is 0.482 e. The molecule has 15 aliphatic heterocycles. The van der Waals surface area contributed by atoms with E-state index in [2.05, 4.69) is 93.7 Å². The van der Waals surface area contributed by atoms with Gasteiger partial charge in [-0.3, -0.25) is 48.5 Å². The molecule has 6 unspecified atom stereocenters. The normalized spacial score (nSPS) is 28.1. The fourth-order valence-corrected chi connectivity index (χ4v) is 27.0. The SMILES string of the molecule is CCOCCC1C[C@H]2CC[C@@H](C1)N2CC(C)CN1C(=O)COc2ccccc21.CCOCCC1C[C@H]2CC[C@@H](C1)N2C[C@@H](C)CN1C(=O)COc2ccccc21.CCOCCC1C[C@H]2CC[C@@H](C1)N2C[C@@H](C)CN1C(=O)COc2ccccc21.CCOCCC1C[C@H]2CC[C@@H](C1)N2C[C@H](C)CN1C(=O)COc2ccccc21.CCOCCC1C[C@H]2CC[C@@H](C1)N2C[C@H](C)CN1C(=O)COc2ccccc21. The van der Waals surface area contributed by atoms with Crippen LogP contribution in [0, 0.1) is 59.2 Å². The van der Waals surface area contributed by atoms with Crippen LogP contribution < -0.4 is 48.2 Å². The van der Waals surface area contributed by atoms with Crippen LogP contribution in [-0.2, 0) is 47.7 Å². The lowest BCUT2D eigenvalue weighted by Gasteiger charge is -2.41. The number of nitrogens with zero attached hydrogens (tertiary/aromatic N) is 10. The highest BCUT2D eigenvalue weighted by Gasteiger charge is 2.48. The van der Waals surface area contributed by atoms with Crippen LogP contribution in [0.25, 0.3) is 0 Å². The molecule has 0 aromatic heterocycles. The molecule has 15 aliphatic rings. The summed E-state index contributed by atoms with van der Waals surface area (Å²) >= 11 is 0. The van der Waals surface area contributed by atoms with Crippen molar-refractivity contribution < 1.29 is 71.3 Å². The van der Waals surface area contributed by atoms with Gasteiger partial charge in [-0.1, -0.05) is 95.3 Å². The third-order valence-corrected chi connectivity index (χ3v) is 33.4. The van der Waals surface area contributed by atoms with Gasteiger partial charge in [-0.2, -0.15) is 0 Å². The molecular formula is C115H170N10O15. The number of para-hydroxylation sites is 10. The first-order valence-electron chi connectivity index (χ1n) is 55.0. The Morgan fingerprint density at radius 3 is 0.536 bits per heavy atom. The Morgan fingerprint density at radius 1 is 0.236 bits per heavy atom. The van der Waals surface area contributed by atoms with E-state index in [1.807, 2.05) is 146 Å². The maximum absolute atomic E-state index is 12.5. The molecule has 20 rings (SSSR count). The van der Waals surface area contributed by atoms with E-state index in [1.54, 1.807) is 0 Å². The number of fused-ring (bicyclic) bond motifs is 15. The number of rotatable bonds is 40. The molecule has 0 aliphatic carbocycles. The molecule has 770 valence electrons. The van der Waals surface area contributed by atoms with Crippen molar-refractivity contribution in [1.29, 1.82) is 0 Å². The van der Waals surface area contributed by atoms with E-state index in [1.165, 1.54) is 161 Å². The zero-order chi connectivity index (χ0) is 97.5. The molecule has 20 atom stereocenters. The van der Waals surface area contributed by atoms with E-state index in [0.717, 1.165) is 279 Å². The smallest absolute Gasteiger partial charge is 0.265 e. The van der Waals surface area contributed by atoms with E-state index in [4.69, 9.17) is 47.4 Å². The molecule has 10 saturated heterocycles. The number of benzene rings is 5. The van der Waals surface area contributed by atoms with Crippen LogP contribution in [0.3, 0.4) is 0 Å². The van der Waals surface area contributed by atoms with Gasteiger partial charge >= 0.3 is 0 Å². The molecule has 5 amide bonds. The Balaban J connectivity index is 0.000000126. The Kier molecular flexibility index (Phi) is 38.7. The number of hydrogen-bond acceptors (Lipinski definition) is 20. The average molecular weight is 1930 g/mol. The summed E-state index contributed by atoms with van der Waals surface area (Å²) < 4.78 is 55.8. The molecule has 25 nitrogen and oxygen atoms in total. The molecule has 140 heavy (non-hydrogen) atoms. The van der Waals surface area contributed by atoms with Crippen LogP contribution in [0.15, 0.2) is 121 Å². The molecule has 5 aromatic carbocycles. The first kappa shape index (κ1) is 105. The predicted molar refractivity (Wildman–Crippen MR) is 554 cm³/mol. The number of carbonyl (C=O) groups excluding carboxylic acids is 5. The molecule has 10 bridgehead atoms. The molecule has 0 saturated carbocycles. The molecule has 0 radical (unpaired) electrons. The molecular weight excluding hydrogens is 1760 g/mol. The summed E-state index contributed by atoms with van der Waals surface area (Å²) in [4.78, 5) is 85.7. The van der Waals surface area contributed by atoms with Crippen molar-refractivity contribution in [3.63, 3.8) is 0 Å². The predicted octanol–water partition coefficient (Wildman–Crippen LogP) is 18.6. The number of hydrogen-bond donors (Lipinski definition) is 0. The highest BCUT2D eigenvalue weighted by molar-refractivity contribution is 6.00. The fourth-order valence-electron chi connectivity index (χ4n) is 27.0. The van der Waals surface area contributed by atoms with Gasteiger partial charge in [0.05, 0.1) is 28.4 Å². The fraction of sp³-hybridized carbons (Fsp3) is 0.696. The van der Waals surface area contributed by atoms with E-state index >= 15 is 0 Å². The van der Waals surface area contributed by atoms with Crippen LogP contribution in [0.4, 0.5) is 28.4 Å². The highest BCUT2D eigenvalue weighted by Crippen LogP contribution is 2.48. The number of ether oxygens (including phenoxy) is 10. The van der Waals surface area contributed by atoms with Gasteiger partial charge in [0.2, 0.25) is 0 Å². The Morgan fingerprint density at radius 2 is 0.386 bits per heavy atom.